The number of aryl methyl sites for hydroxylation is 1. The molecule has 3 rings (SSSR count). The summed E-state index contributed by atoms with van der Waals surface area (Å²) < 4.78 is 10.3. The van der Waals surface area contributed by atoms with Crippen molar-refractivity contribution >= 4 is 34.3 Å². The fourth-order valence-electron chi connectivity index (χ4n) is 3.33. The monoisotopic (exact) mass is 405 g/mol. The second-order valence-electron chi connectivity index (χ2n) is 6.72. The summed E-state index contributed by atoms with van der Waals surface area (Å²) in [5.74, 6) is -0.454. The van der Waals surface area contributed by atoms with Crippen LogP contribution in [0.3, 0.4) is 0 Å². The summed E-state index contributed by atoms with van der Waals surface area (Å²) in [6.07, 6.45) is 4.39. The number of rotatable bonds is 7. The fraction of sp³-hybridized carbons (Fsp3) is 0.474. The Bertz CT molecular complexity index is 867. The van der Waals surface area contributed by atoms with E-state index in [-0.39, 0.29) is 30.8 Å². The molecular weight excluding hydrogens is 382 g/mol. The summed E-state index contributed by atoms with van der Waals surface area (Å²) in [4.78, 5) is 41.3. The summed E-state index contributed by atoms with van der Waals surface area (Å²) in [5.41, 5.74) is 0.0322. The van der Waals surface area contributed by atoms with Crippen LogP contribution in [0.1, 0.15) is 54.4 Å². The first kappa shape index (κ1) is 20.1. The molecule has 0 saturated heterocycles. The van der Waals surface area contributed by atoms with E-state index in [1.807, 2.05) is 0 Å². The zero-order valence-corrected chi connectivity index (χ0v) is 16.7. The van der Waals surface area contributed by atoms with Gasteiger partial charge < -0.3 is 14.5 Å². The molecule has 1 fully saturated rings. The van der Waals surface area contributed by atoms with Crippen molar-refractivity contribution in [2.75, 3.05) is 11.9 Å². The van der Waals surface area contributed by atoms with Gasteiger partial charge in [0.2, 0.25) is 5.91 Å². The van der Waals surface area contributed by atoms with E-state index in [0.29, 0.717) is 35.0 Å². The Morgan fingerprint density at radius 1 is 1.32 bits per heavy atom. The molecule has 2 heterocycles. The SMILES string of the molecule is CCOC(=O)C1(NC(=O)Cc2csc(NC(=O)c3ccoc3C)n2)CCCC1. The maximum Gasteiger partial charge on any atom is 0.331 e. The van der Waals surface area contributed by atoms with Gasteiger partial charge in [-0.1, -0.05) is 12.8 Å². The number of nitrogens with zero attached hydrogens (tertiary/aromatic N) is 1. The van der Waals surface area contributed by atoms with Crippen molar-refractivity contribution in [3.8, 4) is 0 Å². The first-order valence-corrected chi connectivity index (χ1v) is 10.1. The lowest BCUT2D eigenvalue weighted by Gasteiger charge is -2.27. The molecule has 150 valence electrons. The van der Waals surface area contributed by atoms with Gasteiger partial charge in [-0.05, 0) is 32.8 Å². The lowest BCUT2D eigenvalue weighted by atomic mass is 9.97. The lowest BCUT2D eigenvalue weighted by Crippen LogP contribution is -2.53. The zero-order valence-electron chi connectivity index (χ0n) is 15.9. The van der Waals surface area contributed by atoms with Crippen molar-refractivity contribution in [2.45, 2.75) is 51.5 Å². The number of carbonyl (C=O) groups is 3. The Hall–Kier alpha value is -2.68. The third kappa shape index (κ3) is 4.41. The van der Waals surface area contributed by atoms with Crippen LogP contribution in [0, 0.1) is 6.92 Å². The number of anilines is 1. The van der Waals surface area contributed by atoms with Gasteiger partial charge >= 0.3 is 5.97 Å². The molecule has 0 aliphatic heterocycles. The highest BCUT2D eigenvalue weighted by atomic mass is 32.1. The van der Waals surface area contributed by atoms with Gasteiger partial charge in [0.1, 0.15) is 11.3 Å². The van der Waals surface area contributed by atoms with Crippen molar-refractivity contribution < 1.29 is 23.5 Å². The number of hydrogen-bond acceptors (Lipinski definition) is 7. The van der Waals surface area contributed by atoms with E-state index in [1.165, 1.54) is 17.6 Å². The number of hydrogen-bond donors (Lipinski definition) is 2. The smallest absolute Gasteiger partial charge is 0.331 e. The Morgan fingerprint density at radius 3 is 2.71 bits per heavy atom. The summed E-state index contributed by atoms with van der Waals surface area (Å²) >= 11 is 1.23. The second-order valence-corrected chi connectivity index (χ2v) is 7.58. The van der Waals surface area contributed by atoms with Gasteiger partial charge in [0.25, 0.3) is 5.91 Å². The Labute approximate surface area is 166 Å². The van der Waals surface area contributed by atoms with Crippen LogP contribution in [0.5, 0.6) is 0 Å². The summed E-state index contributed by atoms with van der Waals surface area (Å²) in [7, 11) is 0. The number of nitrogens with one attached hydrogen (secondary N) is 2. The summed E-state index contributed by atoms with van der Waals surface area (Å²) in [6.45, 7) is 3.73. The van der Waals surface area contributed by atoms with E-state index in [9.17, 15) is 14.4 Å². The van der Waals surface area contributed by atoms with Crippen molar-refractivity contribution in [3.05, 3.63) is 34.7 Å². The van der Waals surface area contributed by atoms with Crippen LogP contribution in [0.4, 0.5) is 5.13 Å². The minimum absolute atomic E-state index is 0.0261. The quantitative estimate of drug-likeness (QED) is 0.686. The van der Waals surface area contributed by atoms with Crippen molar-refractivity contribution in [3.63, 3.8) is 0 Å². The Kier molecular flexibility index (Phi) is 6.13. The van der Waals surface area contributed by atoms with E-state index in [4.69, 9.17) is 9.15 Å². The van der Waals surface area contributed by atoms with Crippen molar-refractivity contribution in [2.24, 2.45) is 0 Å². The average Bonchev–Trinajstić information content (AvgIpc) is 3.37. The van der Waals surface area contributed by atoms with Crippen LogP contribution in [0.25, 0.3) is 0 Å². The van der Waals surface area contributed by atoms with Crippen molar-refractivity contribution in [1.82, 2.24) is 10.3 Å². The predicted octanol–water partition coefficient (Wildman–Crippen LogP) is 2.83. The normalized spacial score (nSPS) is 15.2. The van der Waals surface area contributed by atoms with Crippen LogP contribution >= 0.6 is 11.3 Å². The molecule has 9 heteroatoms. The minimum Gasteiger partial charge on any atom is -0.469 e. The number of thiazole rings is 1. The maximum atomic E-state index is 12.5. The summed E-state index contributed by atoms with van der Waals surface area (Å²) in [5, 5.41) is 7.66. The lowest BCUT2D eigenvalue weighted by molar-refractivity contribution is -0.153. The number of esters is 1. The van der Waals surface area contributed by atoms with Gasteiger partial charge in [-0.2, -0.15) is 0 Å². The minimum atomic E-state index is -0.932. The van der Waals surface area contributed by atoms with E-state index in [2.05, 4.69) is 15.6 Å². The fourth-order valence-corrected chi connectivity index (χ4v) is 4.04. The molecule has 1 aliphatic carbocycles. The summed E-state index contributed by atoms with van der Waals surface area (Å²) in [6, 6.07) is 1.59. The maximum absolute atomic E-state index is 12.5. The van der Waals surface area contributed by atoms with Crippen LogP contribution in [0.15, 0.2) is 22.1 Å². The average molecular weight is 405 g/mol. The van der Waals surface area contributed by atoms with E-state index in [1.54, 1.807) is 25.3 Å². The largest absolute Gasteiger partial charge is 0.469 e. The van der Waals surface area contributed by atoms with Gasteiger partial charge in [-0.3, -0.25) is 14.9 Å². The molecule has 2 amide bonds. The molecule has 1 aliphatic rings. The van der Waals surface area contributed by atoms with E-state index < -0.39 is 5.54 Å². The number of aromatic nitrogens is 1. The Morgan fingerprint density at radius 2 is 2.07 bits per heavy atom. The molecule has 28 heavy (non-hydrogen) atoms. The topological polar surface area (TPSA) is 111 Å². The molecule has 2 N–H and O–H groups in total. The van der Waals surface area contributed by atoms with Gasteiger partial charge in [-0.15, -0.1) is 11.3 Å². The molecule has 0 atom stereocenters. The molecule has 0 unspecified atom stereocenters. The van der Waals surface area contributed by atoms with Gasteiger partial charge in [0.05, 0.1) is 30.5 Å². The number of furan rings is 1. The highest BCUT2D eigenvalue weighted by molar-refractivity contribution is 7.14. The van der Waals surface area contributed by atoms with E-state index in [0.717, 1.165) is 12.8 Å². The molecule has 0 radical (unpaired) electrons. The first-order chi connectivity index (χ1) is 13.4. The third-order valence-corrected chi connectivity index (χ3v) is 5.53. The predicted molar refractivity (Wildman–Crippen MR) is 103 cm³/mol. The van der Waals surface area contributed by atoms with Crippen LogP contribution in [0.2, 0.25) is 0 Å². The number of ether oxygens (including phenoxy) is 1. The molecular formula is C19H23N3O5S. The van der Waals surface area contributed by atoms with Gasteiger partial charge in [0, 0.05) is 5.38 Å². The molecule has 2 aromatic rings. The van der Waals surface area contributed by atoms with Crippen LogP contribution < -0.4 is 10.6 Å². The van der Waals surface area contributed by atoms with Gasteiger partial charge in [0.15, 0.2) is 5.13 Å². The zero-order chi connectivity index (χ0) is 20.1. The second kappa shape index (κ2) is 8.55. The third-order valence-electron chi connectivity index (χ3n) is 4.72. The highest BCUT2D eigenvalue weighted by Gasteiger charge is 2.43. The molecule has 8 nitrogen and oxygen atoms in total. The van der Waals surface area contributed by atoms with Gasteiger partial charge in [-0.25, -0.2) is 9.78 Å². The number of carbonyl (C=O) groups excluding carboxylic acids is 3. The van der Waals surface area contributed by atoms with Crippen molar-refractivity contribution in [1.29, 1.82) is 0 Å². The first-order valence-electron chi connectivity index (χ1n) is 9.21. The molecule has 0 aromatic carbocycles. The molecule has 2 aromatic heterocycles. The van der Waals surface area contributed by atoms with Crippen LogP contribution in [-0.4, -0.2) is 34.9 Å². The van der Waals surface area contributed by atoms with Crippen LogP contribution in [-0.2, 0) is 20.7 Å². The number of amides is 2. The highest BCUT2D eigenvalue weighted by Crippen LogP contribution is 2.31. The molecule has 1 saturated carbocycles. The molecule has 0 bridgehead atoms. The molecule has 0 spiro atoms. The standard InChI is InChI=1S/C19H23N3O5S/c1-3-26-17(25)19(7-4-5-8-19)22-15(23)10-13-11-28-18(20-13)21-16(24)14-6-9-27-12(14)2/h6,9,11H,3-5,7-8,10H2,1-2H3,(H,22,23)(H,20,21,24). The Balaban J connectivity index is 1.60. The van der Waals surface area contributed by atoms with E-state index >= 15 is 0 Å².